The molecule has 0 aromatic heterocycles. The van der Waals surface area contributed by atoms with E-state index in [9.17, 15) is 9.90 Å². The lowest BCUT2D eigenvalue weighted by Crippen LogP contribution is -2.38. The average molecular weight is 250 g/mol. The van der Waals surface area contributed by atoms with Gasteiger partial charge < -0.3 is 15.3 Å². The zero-order chi connectivity index (χ0) is 13.5. The molecule has 0 saturated heterocycles. The summed E-state index contributed by atoms with van der Waals surface area (Å²) in [5.74, 6) is 0.211. The lowest BCUT2D eigenvalue weighted by molar-refractivity contribution is -0.117. The zero-order valence-electron chi connectivity index (χ0n) is 11.4. The number of phenolic OH excluding ortho intramolecular Hbond substituents is 1. The van der Waals surface area contributed by atoms with Crippen molar-refractivity contribution < 1.29 is 9.90 Å². The van der Waals surface area contributed by atoms with Crippen molar-refractivity contribution in [3.05, 3.63) is 23.8 Å². The number of likely N-dealkylation sites (N-methyl/N-ethyl adjacent to an activating group) is 1. The monoisotopic (exact) mass is 250 g/mol. The summed E-state index contributed by atoms with van der Waals surface area (Å²) in [4.78, 5) is 13.8. The van der Waals surface area contributed by atoms with Gasteiger partial charge in [0, 0.05) is 12.6 Å². The summed E-state index contributed by atoms with van der Waals surface area (Å²) >= 11 is 0. The first-order valence-corrected chi connectivity index (χ1v) is 6.40. The second-order valence-electron chi connectivity index (χ2n) is 4.29. The molecule has 0 aliphatic heterocycles. The number of carbonyl (C=O) groups excluding carboxylic acids is 1. The van der Waals surface area contributed by atoms with Crippen molar-refractivity contribution in [1.82, 2.24) is 5.32 Å². The second kappa shape index (κ2) is 7.01. The average Bonchev–Trinajstić information content (AvgIpc) is 2.35. The van der Waals surface area contributed by atoms with Gasteiger partial charge in [0.25, 0.3) is 0 Å². The maximum absolute atomic E-state index is 12.1. The fourth-order valence-electron chi connectivity index (χ4n) is 1.84. The number of aryl methyl sites for hydroxylation is 1. The van der Waals surface area contributed by atoms with E-state index in [1.165, 1.54) is 0 Å². The van der Waals surface area contributed by atoms with Crippen LogP contribution in [0.5, 0.6) is 5.75 Å². The molecule has 0 atom stereocenters. The predicted molar refractivity (Wildman–Crippen MR) is 74.0 cm³/mol. The molecule has 0 aliphatic rings. The number of nitrogens with one attached hydrogen (secondary N) is 1. The molecule has 4 nitrogen and oxygen atoms in total. The molecule has 1 aromatic carbocycles. The van der Waals surface area contributed by atoms with Gasteiger partial charge in [0.2, 0.25) is 5.91 Å². The molecule has 1 aromatic rings. The van der Waals surface area contributed by atoms with Crippen LogP contribution in [0.1, 0.15) is 25.8 Å². The normalized spacial score (nSPS) is 10.4. The van der Waals surface area contributed by atoms with E-state index in [1.807, 2.05) is 19.9 Å². The maximum atomic E-state index is 12.1. The van der Waals surface area contributed by atoms with Crippen LogP contribution in [0.2, 0.25) is 0 Å². The van der Waals surface area contributed by atoms with Crippen LogP contribution >= 0.6 is 0 Å². The smallest absolute Gasteiger partial charge is 0.240 e. The first-order chi connectivity index (χ1) is 8.60. The van der Waals surface area contributed by atoms with Gasteiger partial charge >= 0.3 is 0 Å². The van der Waals surface area contributed by atoms with Crippen molar-refractivity contribution in [3.63, 3.8) is 0 Å². The standard InChI is InChI=1S/C14H22N2O2/c1-4-8-15-10-14(18)16(5-2)13-9-12(17)7-6-11(13)3/h6-7,9,15,17H,4-5,8,10H2,1-3H3. The molecule has 0 fully saturated rings. The van der Waals surface area contributed by atoms with Crippen LogP contribution in [-0.4, -0.2) is 30.6 Å². The minimum absolute atomic E-state index is 0.0275. The Bertz CT molecular complexity index is 405. The maximum Gasteiger partial charge on any atom is 0.240 e. The predicted octanol–water partition coefficient (Wildman–Crippen LogP) is 2.05. The van der Waals surface area contributed by atoms with E-state index in [-0.39, 0.29) is 11.7 Å². The third-order valence-corrected chi connectivity index (χ3v) is 2.80. The molecule has 100 valence electrons. The van der Waals surface area contributed by atoms with Crippen molar-refractivity contribution in [2.75, 3.05) is 24.5 Å². The first-order valence-electron chi connectivity index (χ1n) is 6.40. The number of phenols is 1. The molecule has 1 rings (SSSR count). The number of carbonyl (C=O) groups is 1. The molecule has 0 bridgehead atoms. The van der Waals surface area contributed by atoms with Crippen molar-refractivity contribution in [3.8, 4) is 5.75 Å². The Labute approximate surface area is 109 Å². The molecule has 1 amide bonds. The minimum atomic E-state index is 0.0275. The molecule has 0 saturated carbocycles. The van der Waals surface area contributed by atoms with Crippen LogP contribution in [0.4, 0.5) is 5.69 Å². The summed E-state index contributed by atoms with van der Waals surface area (Å²) in [5, 5.41) is 12.6. The van der Waals surface area contributed by atoms with Crippen LogP contribution in [-0.2, 0) is 4.79 Å². The van der Waals surface area contributed by atoms with Crippen molar-refractivity contribution in [1.29, 1.82) is 0 Å². The van der Waals surface area contributed by atoms with E-state index in [2.05, 4.69) is 12.2 Å². The SMILES string of the molecule is CCCNCC(=O)N(CC)c1cc(O)ccc1C. The van der Waals surface area contributed by atoms with Crippen molar-refractivity contribution in [2.45, 2.75) is 27.2 Å². The zero-order valence-corrected chi connectivity index (χ0v) is 11.4. The highest BCUT2D eigenvalue weighted by molar-refractivity contribution is 5.95. The summed E-state index contributed by atoms with van der Waals surface area (Å²) in [5.41, 5.74) is 1.76. The van der Waals surface area contributed by atoms with Gasteiger partial charge in [0.1, 0.15) is 5.75 Å². The third-order valence-electron chi connectivity index (χ3n) is 2.80. The van der Waals surface area contributed by atoms with Crippen LogP contribution in [0, 0.1) is 6.92 Å². The number of nitrogens with zero attached hydrogens (tertiary/aromatic N) is 1. The lowest BCUT2D eigenvalue weighted by Gasteiger charge is -2.23. The topological polar surface area (TPSA) is 52.6 Å². The summed E-state index contributed by atoms with van der Waals surface area (Å²) in [6.07, 6.45) is 1.00. The number of aromatic hydroxyl groups is 1. The number of benzene rings is 1. The van der Waals surface area contributed by atoms with Gasteiger partial charge in [0.05, 0.1) is 12.2 Å². The number of rotatable bonds is 6. The van der Waals surface area contributed by atoms with E-state index < -0.39 is 0 Å². The number of amides is 1. The molecule has 18 heavy (non-hydrogen) atoms. The number of hydrogen-bond donors (Lipinski definition) is 2. The van der Waals surface area contributed by atoms with Gasteiger partial charge in [-0.25, -0.2) is 0 Å². The molecule has 0 aliphatic carbocycles. The molecule has 0 radical (unpaired) electrons. The molecular weight excluding hydrogens is 228 g/mol. The Morgan fingerprint density at radius 2 is 2.11 bits per heavy atom. The Kier molecular flexibility index (Phi) is 5.65. The highest BCUT2D eigenvalue weighted by Crippen LogP contribution is 2.24. The highest BCUT2D eigenvalue weighted by atomic mass is 16.3. The van der Waals surface area contributed by atoms with E-state index in [0.717, 1.165) is 24.2 Å². The molecule has 4 heteroatoms. The van der Waals surface area contributed by atoms with Gasteiger partial charge in [-0.05, 0) is 38.4 Å². The summed E-state index contributed by atoms with van der Waals surface area (Å²) < 4.78 is 0. The quantitative estimate of drug-likeness (QED) is 0.760. The Morgan fingerprint density at radius 3 is 2.72 bits per heavy atom. The lowest BCUT2D eigenvalue weighted by atomic mass is 10.1. The molecular formula is C14H22N2O2. The largest absolute Gasteiger partial charge is 0.508 e. The minimum Gasteiger partial charge on any atom is -0.508 e. The number of hydrogen-bond acceptors (Lipinski definition) is 3. The fourth-order valence-corrected chi connectivity index (χ4v) is 1.84. The van der Waals surface area contributed by atoms with Crippen LogP contribution in [0.25, 0.3) is 0 Å². The molecule has 0 spiro atoms. The van der Waals surface area contributed by atoms with Gasteiger partial charge in [-0.3, -0.25) is 4.79 Å². The molecule has 0 unspecified atom stereocenters. The van der Waals surface area contributed by atoms with E-state index in [0.29, 0.717) is 13.1 Å². The summed E-state index contributed by atoms with van der Waals surface area (Å²) in [6, 6.07) is 5.09. The van der Waals surface area contributed by atoms with Gasteiger partial charge in [-0.15, -0.1) is 0 Å². The van der Waals surface area contributed by atoms with Gasteiger partial charge in [0.15, 0.2) is 0 Å². The fraction of sp³-hybridized carbons (Fsp3) is 0.500. The Morgan fingerprint density at radius 1 is 1.39 bits per heavy atom. The van der Waals surface area contributed by atoms with E-state index in [4.69, 9.17) is 0 Å². The first kappa shape index (κ1) is 14.5. The Hall–Kier alpha value is -1.55. The van der Waals surface area contributed by atoms with Crippen molar-refractivity contribution in [2.24, 2.45) is 0 Å². The Balaban J connectivity index is 2.81. The number of anilines is 1. The molecule has 2 N–H and O–H groups in total. The summed E-state index contributed by atoms with van der Waals surface area (Å²) in [6.45, 7) is 7.69. The van der Waals surface area contributed by atoms with Crippen LogP contribution < -0.4 is 10.2 Å². The molecule has 0 heterocycles. The van der Waals surface area contributed by atoms with Gasteiger partial charge in [-0.1, -0.05) is 13.0 Å². The third kappa shape index (κ3) is 3.74. The van der Waals surface area contributed by atoms with Crippen molar-refractivity contribution >= 4 is 11.6 Å². The van der Waals surface area contributed by atoms with Gasteiger partial charge in [-0.2, -0.15) is 0 Å². The summed E-state index contributed by atoms with van der Waals surface area (Å²) in [7, 11) is 0. The van der Waals surface area contributed by atoms with E-state index >= 15 is 0 Å². The second-order valence-corrected chi connectivity index (χ2v) is 4.29. The van der Waals surface area contributed by atoms with Crippen LogP contribution in [0.3, 0.4) is 0 Å². The van der Waals surface area contributed by atoms with Crippen LogP contribution in [0.15, 0.2) is 18.2 Å². The van der Waals surface area contributed by atoms with E-state index in [1.54, 1.807) is 17.0 Å². The highest BCUT2D eigenvalue weighted by Gasteiger charge is 2.15.